The number of hydrogen-bond acceptors (Lipinski definition) is 4. The smallest absolute Gasteiger partial charge is 0.248 e. The SMILES string of the molecule is Cc1sc(Br)cc1S(=O)(=O)NCc1cccc(C(N)=O)c1. The molecule has 1 aromatic heterocycles. The summed E-state index contributed by atoms with van der Waals surface area (Å²) in [5.74, 6) is -0.544. The van der Waals surface area contributed by atoms with Crippen molar-refractivity contribution in [3.05, 3.63) is 50.1 Å². The van der Waals surface area contributed by atoms with Crippen LogP contribution in [0, 0.1) is 6.92 Å². The first-order valence-corrected chi connectivity index (χ1v) is 9.03. The lowest BCUT2D eigenvalue weighted by Gasteiger charge is -2.07. The monoisotopic (exact) mass is 388 g/mol. The Balaban J connectivity index is 2.17. The number of sulfonamides is 1. The zero-order valence-corrected chi connectivity index (χ0v) is 14.3. The van der Waals surface area contributed by atoms with Crippen molar-refractivity contribution in [3.8, 4) is 0 Å². The summed E-state index contributed by atoms with van der Waals surface area (Å²) in [4.78, 5) is 12.1. The normalized spacial score (nSPS) is 11.5. The number of benzene rings is 1. The molecule has 3 N–H and O–H groups in total. The number of amides is 1. The summed E-state index contributed by atoms with van der Waals surface area (Å²) in [6.45, 7) is 1.84. The molecule has 1 heterocycles. The fourth-order valence-corrected chi connectivity index (χ4v) is 5.22. The van der Waals surface area contributed by atoms with Crippen molar-refractivity contribution >= 4 is 43.2 Å². The molecule has 0 radical (unpaired) electrons. The van der Waals surface area contributed by atoms with Crippen molar-refractivity contribution in [2.45, 2.75) is 18.4 Å². The number of thiophene rings is 1. The minimum atomic E-state index is -3.59. The van der Waals surface area contributed by atoms with Crippen LogP contribution in [0.3, 0.4) is 0 Å². The van der Waals surface area contributed by atoms with E-state index >= 15 is 0 Å². The van der Waals surface area contributed by atoms with E-state index in [2.05, 4.69) is 20.7 Å². The molecule has 0 bridgehead atoms. The van der Waals surface area contributed by atoms with Crippen LogP contribution in [0.1, 0.15) is 20.8 Å². The first-order valence-electron chi connectivity index (χ1n) is 5.94. The molecule has 2 aromatic rings. The van der Waals surface area contributed by atoms with E-state index in [4.69, 9.17) is 5.73 Å². The highest BCUT2D eigenvalue weighted by atomic mass is 79.9. The molecule has 8 heteroatoms. The second-order valence-corrected chi connectivity index (χ2v) is 8.73. The Bertz CT molecular complexity index is 784. The van der Waals surface area contributed by atoms with Gasteiger partial charge in [-0.3, -0.25) is 4.79 Å². The van der Waals surface area contributed by atoms with E-state index in [-0.39, 0.29) is 11.4 Å². The van der Waals surface area contributed by atoms with E-state index in [1.54, 1.807) is 37.3 Å². The van der Waals surface area contributed by atoms with Crippen molar-refractivity contribution in [2.24, 2.45) is 5.73 Å². The largest absolute Gasteiger partial charge is 0.366 e. The number of nitrogens with two attached hydrogens (primary N) is 1. The maximum atomic E-state index is 12.2. The molecule has 112 valence electrons. The summed E-state index contributed by atoms with van der Waals surface area (Å²) in [6.07, 6.45) is 0. The molecule has 2 rings (SSSR count). The van der Waals surface area contributed by atoms with Crippen LogP contribution < -0.4 is 10.5 Å². The highest BCUT2D eigenvalue weighted by molar-refractivity contribution is 9.11. The minimum Gasteiger partial charge on any atom is -0.366 e. The van der Waals surface area contributed by atoms with Crippen molar-refractivity contribution in [3.63, 3.8) is 0 Å². The Hall–Kier alpha value is -1.22. The van der Waals surface area contributed by atoms with E-state index in [0.717, 1.165) is 3.79 Å². The first-order chi connectivity index (χ1) is 9.79. The van der Waals surface area contributed by atoms with Crippen LogP contribution >= 0.6 is 27.3 Å². The number of primary amides is 1. The van der Waals surface area contributed by atoms with Crippen LogP contribution in [0.5, 0.6) is 0 Å². The second kappa shape index (κ2) is 6.27. The van der Waals surface area contributed by atoms with Crippen molar-refractivity contribution in [1.29, 1.82) is 0 Å². The van der Waals surface area contributed by atoms with Gasteiger partial charge in [0, 0.05) is 17.0 Å². The summed E-state index contributed by atoms with van der Waals surface area (Å²) in [5, 5.41) is 0. The fraction of sp³-hybridized carbons (Fsp3) is 0.154. The number of carbonyl (C=O) groups is 1. The molecule has 0 saturated heterocycles. The van der Waals surface area contributed by atoms with Gasteiger partial charge >= 0.3 is 0 Å². The molecule has 0 fully saturated rings. The van der Waals surface area contributed by atoms with Crippen molar-refractivity contribution < 1.29 is 13.2 Å². The molecular formula is C13H13BrN2O3S2. The number of halogens is 1. The van der Waals surface area contributed by atoms with Crippen LogP contribution in [0.2, 0.25) is 0 Å². The van der Waals surface area contributed by atoms with E-state index in [1.165, 1.54) is 11.3 Å². The van der Waals surface area contributed by atoms with Gasteiger partial charge in [0.05, 0.1) is 8.68 Å². The lowest BCUT2D eigenvalue weighted by atomic mass is 10.1. The molecule has 1 amide bonds. The molecule has 0 spiro atoms. The van der Waals surface area contributed by atoms with Gasteiger partial charge in [-0.2, -0.15) is 0 Å². The molecular weight excluding hydrogens is 376 g/mol. The lowest BCUT2D eigenvalue weighted by Crippen LogP contribution is -2.23. The summed E-state index contributed by atoms with van der Waals surface area (Å²) in [5.41, 5.74) is 6.21. The first kappa shape index (κ1) is 16.2. The fourth-order valence-electron chi connectivity index (χ4n) is 1.79. The van der Waals surface area contributed by atoms with E-state index in [1.807, 2.05) is 0 Å². The third-order valence-corrected chi connectivity index (χ3v) is 6.02. The Morgan fingerprint density at radius 2 is 2.10 bits per heavy atom. The van der Waals surface area contributed by atoms with Crippen LogP contribution in [0.15, 0.2) is 39.0 Å². The maximum absolute atomic E-state index is 12.2. The predicted molar refractivity (Wildman–Crippen MR) is 85.7 cm³/mol. The van der Waals surface area contributed by atoms with Gasteiger partial charge in [-0.25, -0.2) is 13.1 Å². The summed E-state index contributed by atoms with van der Waals surface area (Å²) < 4.78 is 27.8. The topological polar surface area (TPSA) is 89.3 Å². The predicted octanol–water partition coefficient (Wildman–Crippen LogP) is 2.40. The van der Waals surface area contributed by atoms with Gasteiger partial charge < -0.3 is 5.73 Å². The highest BCUT2D eigenvalue weighted by Gasteiger charge is 2.19. The quantitative estimate of drug-likeness (QED) is 0.823. The molecule has 0 atom stereocenters. The molecule has 5 nitrogen and oxygen atoms in total. The minimum absolute atomic E-state index is 0.0936. The van der Waals surface area contributed by atoms with Crippen LogP contribution in [0.4, 0.5) is 0 Å². The van der Waals surface area contributed by atoms with Crippen molar-refractivity contribution in [1.82, 2.24) is 4.72 Å². The summed E-state index contributed by atoms with van der Waals surface area (Å²) in [6, 6.07) is 8.12. The van der Waals surface area contributed by atoms with Crippen LogP contribution in [0.25, 0.3) is 0 Å². The van der Waals surface area contributed by atoms with E-state index < -0.39 is 15.9 Å². The van der Waals surface area contributed by atoms with Crippen molar-refractivity contribution in [2.75, 3.05) is 0 Å². The van der Waals surface area contributed by atoms with E-state index in [0.29, 0.717) is 16.0 Å². The number of carbonyl (C=O) groups excluding carboxylic acids is 1. The number of aryl methyl sites for hydroxylation is 1. The number of hydrogen-bond donors (Lipinski definition) is 2. The molecule has 0 aliphatic carbocycles. The Morgan fingerprint density at radius 1 is 1.38 bits per heavy atom. The molecule has 0 saturated carbocycles. The van der Waals surface area contributed by atoms with Gasteiger partial charge in [-0.15, -0.1) is 11.3 Å². The molecule has 0 aliphatic rings. The highest BCUT2D eigenvalue weighted by Crippen LogP contribution is 2.29. The van der Waals surface area contributed by atoms with Gasteiger partial charge in [-0.1, -0.05) is 12.1 Å². The van der Waals surface area contributed by atoms with Gasteiger partial charge in [0.2, 0.25) is 15.9 Å². The molecule has 21 heavy (non-hydrogen) atoms. The number of nitrogens with one attached hydrogen (secondary N) is 1. The zero-order chi connectivity index (χ0) is 15.6. The maximum Gasteiger partial charge on any atom is 0.248 e. The second-order valence-electron chi connectivity index (χ2n) is 4.36. The van der Waals surface area contributed by atoms with Crippen LogP contribution in [-0.4, -0.2) is 14.3 Å². The third kappa shape index (κ3) is 3.91. The number of rotatable bonds is 5. The molecule has 0 unspecified atom stereocenters. The van der Waals surface area contributed by atoms with Gasteiger partial charge in [0.25, 0.3) is 0 Å². The average Bonchev–Trinajstić information content (AvgIpc) is 2.77. The zero-order valence-electron chi connectivity index (χ0n) is 11.1. The molecule has 0 aliphatic heterocycles. The Morgan fingerprint density at radius 3 is 2.67 bits per heavy atom. The van der Waals surface area contributed by atoms with Gasteiger partial charge in [0.15, 0.2) is 0 Å². The summed E-state index contributed by atoms with van der Waals surface area (Å²) in [7, 11) is -3.59. The lowest BCUT2D eigenvalue weighted by molar-refractivity contribution is 0.1000. The average molecular weight is 389 g/mol. The Kier molecular flexibility index (Phi) is 4.82. The van der Waals surface area contributed by atoms with E-state index in [9.17, 15) is 13.2 Å². The van der Waals surface area contributed by atoms with Gasteiger partial charge in [0.1, 0.15) is 0 Å². The van der Waals surface area contributed by atoms with Gasteiger partial charge in [-0.05, 0) is 46.6 Å². The van der Waals surface area contributed by atoms with Crippen LogP contribution in [-0.2, 0) is 16.6 Å². The molecule has 1 aromatic carbocycles. The summed E-state index contributed by atoms with van der Waals surface area (Å²) >= 11 is 4.63. The standard InChI is InChI=1S/C13H13BrN2O3S2/c1-8-11(6-12(14)20-8)21(18,19)16-7-9-3-2-4-10(5-9)13(15)17/h2-6,16H,7H2,1H3,(H2,15,17). The Labute approximate surface area is 135 Å². The third-order valence-electron chi connectivity index (χ3n) is 2.81.